The van der Waals surface area contributed by atoms with E-state index in [9.17, 15) is 8.42 Å². The molecule has 5 heteroatoms. The van der Waals surface area contributed by atoms with E-state index in [1.54, 1.807) is 25.1 Å². The van der Waals surface area contributed by atoms with Gasteiger partial charge in [0.2, 0.25) is 0 Å². The fraction of sp³-hybridized carbons (Fsp3) is 0.250. The number of anilines is 1. The largest absolute Gasteiger partial charge is 0.316 e. The Morgan fingerprint density at radius 3 is 2.43 bits per heavy atom. The lowest BCUT2D eigenvalue weighted by atomic mass is 10.2. The number of hydrogen-bond acceptors (Lipinski definition) is 3. The minimum absolute atomic E-state index is 0.312. The number of hydrogen-bond donors (Lipinski definition) is 2. The molecule has 4 nitrogen and oxygen atoms in total. The van der Waals surface area contributed by atoms with Crippen molar-refractivity contribution >= 4 is 15.7 Å². The summed E-state index contributed by atoms with van der Waals surface area (Å²) in [5, 5.41) is 3.03. The van der Waals surface area contributed by atoms with Crippen molar-refractivity contribution in [2.75, 3.05) is 11.8 Å². The molecule has 0 heterocycles. The van der Waals surface area contributed by atoms with E-state index in [4.69, 9.17) is 0 Å². The number of benzene rings is 2. The summed E-state index contributed by atoms with van der Waals surface area (Å²) in [5.41, 5.74) is 3.30. The molecule has 0 atom stereocenters. The maximum absolute atomic E-state index is 12.6. The summed E-state index contributed by atoms with van der Waals surface area (Å²) in [4.78, 5) is 0.312. The number of rotatable bonds is 5. The lowest BCUT2D eigenvalue weighted by molar-refractivity contribution is 0.600. The molecule has 112 valence electrons. The van der Waals surface area contributed by atoms with Crippen LogP contribution in [0, 0.1) is 13.8 Å². The smallest absolute Gasteiger partial charge is 0.262 e. The van der Waals surface area contributed by atoms with Crippen molar-refractivity contribution < 1.29 is 8.42 Å². The molecule has 0 fully saturated rings. The highest BCUT2D eigenvalue weighted by Gasteiger charge is 2.18. The number of sulfonamides is 1. The first kappa shape index (κ1) is 15.5. The zero-order valence-corrected chi connectivity index (χ0v) is 13.3. The fourth-order valence-electron chi connectivity index (χ4n) is 2.27. The number of nitrogens with one attached hydrogen (secondary N) is 2. The van der Waals surface area contributed by atoms with Gasteiger partial charge in [-0.05, 0) is 44.2 Å². The van der Waals surface area contributed by atoms with Gasteiger partial charge in [0.25, 0.3) is 10.0 Å². The molecule has 0 saturated carbocycles. The molecule has 0 unspecified atom stereocenters. The van der Waals surface area contributed by atoms with E-state index >= 15 is 0 Å². The van der Waals surface area contributed by atoms with Crippen LogP contribution in [0.1, 0.15) is 16.7 Å². The first-order valence-electron chi connectivity index (χ1n) is 6.76. The topological polar surface area (TPSA) is 58.2 Å². The molecule has 0 radical (unpaired) electrons. The van der Waals surface area contributed by atoms with E-state index < -0.39 is 10.0 Å². The second-order valence-electron chi connectivity index (χ2n) is 5.06. The van der Waals surface area contributed by atoms with Gasteiger partial charge in [-0.3, -0.25) is 4.72 Å². The van der Waals surface area contributed by atoms with Crippen LogP contribution >= 0.6 is 0 Å². The highest BCUT2D eigenvalue weighted by molar-refractivity contribution is 7.92. The van der Waals surface area contributed by atoms with Crippen molar-refractivity contribution in [3.8, 4) is 0 Å². The quantitative estimate of drug-likeness (QED) is 0.893. The van der Waals surface area contributed by atoms with Crippen molar-refractivity contribution in [3.05, 3.63) is 59.2 Å². The molecule has 0 aromatic heterocycles. The predicted octanol–water partition coefficient (Wildman–Crippen LogP) is 2.82. The molecule has 0 aliphatic heterocycles. The van der Waals surface area contributed by atoms with Crippen LogP contribution in [-0.4, -0.2) is 15.5 Å². The average molecular weight is 304 g/mol. The molecule has 0 aliphatic carbocycles. The van der Waals surface area contributed by atoms with Gasteiger partial charge < -0.3 is 5.32 Å². The van der Waals surface area contributed by atoms with E-state index in [2.05, 4.69) is 10.0 Å². The van der Waals surface area contributed by atoms with Gasteiger partial charge in [0, 0.05) is 6.54 Å². The molecular weight excluding hydrogens is 284 g/mol. The predicted molar refractivity (Wildman–Crippen MR) is 85.9 cm³/mol. The average Bonchev–Trinajstić information content (AvgIpc) is 2.40. The number of para-hydroxylation sites is 1. The number of aryl methyl sites for hydroxylation is 2. The van der Waals surface area contributed by atoms with Crippen LogP contribution < -0.4 is 10.0 Å². The Balaban J connectivity index is 2.38. The summed E-state index contributed by atoms with van der Waals surface area (Å²) < 4.78 is 27.8. The van der Waals surface area contributed by atoms with E-state index in [1.807, 2.05) is 38.2 Å². The first-order valence-corrected chi connectivity index (χ1v) is 8.25. The van der Waals surface area contributed by atoms with Gasteiger partial charge in [-0.25, -0.2) is 8.42 Å². The SMILES string of the molecule is CNCc1ccccc1NS(=O)(=O)c1ccc(C)cc1C. The molecule has 21 heavy (non-hydrogen) atoms. The van der Waals surface area contributed by atoms with Gasteiger partial charge in [-0.1, -0.05) is 35.9 Å². The standard InChI is InChI=1S/C16H20N2O2S/c1-12-8-9-16(13(2)10-12)21(19,20)18-15-7-5-4-6-14(15)11-17-3/h4-10,17-18H,11H2,1-3H3. The summed E-state index contributed by atoms with van der Waals surface area (Å²) in [6.45, 7) is 4.35. The molecular formula is C16H20N2O2S. The Labute approximate surface area is 126 Å². The zero-order chi connectivity index (χ0) is 15.5. The Hall–Kier alpha value is -1.85. The summed E-state index contributed by atoms with van der Waals surface area (Å²) in [6, 6.07) is 12.7. The minimum Gasteiger partial charge on any atom is -0.316 e. The molecule has 2 aromatic carbocycles. The van der Waals surface area contributed by atoms with Crippen molar-refractivity contribution in [2.45, 2.75) is 25.3 Å². The molecule has 2 aromatic rings. The maximum atomic E-state index is 12.6. The van der Waals surface area contributed by atoms with Gasteiger partial charge >= 0.3 is 0 Å². The monoisotopic (exact) mass is 304 g/mol. The van der Waals surface area contributed by atoms with Gasteiger partial charge in [0.1, 0.15) is 0 Å². The zero-order valence-electron chi connectivity index (χ0n) is 12.5. The van der Waals surface area contributed by atoms with E-state index in [0.29, 0.717) is 17.1 Å². The third kappa shape index (κ3) is 3.62. The van der Waals surface area contributed by atoms with Crippen LogP contribution in [-0.2, 0) is 16.6 Å². The van der Waals surface area contributed by atoms with E-state index in [1.165, 1.54) is 0 Å². The van der Waals surface area contributed by atoms with Gasteiger partial charge in [0.15, 0.2) is 0 Å². The molecule has 2 rings (SSSR count). The van der Waals surface area contributed by atoms with Crippen LogP contribution in [0.15, 0.2) is 47.4 Å². The van der Waals surface area contributed by atoms with E-state index in [0.717, 1.165) is 16.7 Å². The molecule has 0 aliphatic rings. The molecule has 2 N–H and O–H groups in total. The lowest BCUT2D eigenvalue weighted by Crippen LogP contribution is -2.17. The van der Waals surface area contributed by atoms with Crippen molar-refractivity contribution in [1.82, 2.24) is 5.32 Å². The van der Waals surface area contributed by atoms with Crippen LogP contribution in [0.2, 0.25) is 0 Å². The Bertz CT molecular complexity index is 740. The van der Waals surface area contributed by atoms with Crippen LogP contribution in [0.4, 0.5) is 5.69 Å². The lowest BCUT2D eigenvalue weighted by Gasteiger charge is -2.14. The Morgan fingerprint density at radius 1 is 1.05 bits per heavy atom. The van der Waals surface area contributed by atoms with Gasteiger partial charge in [-0.2, -0.15) is 0 Å². The summed E-state index contributed by atoms with van der Waals surface area (Å²) >= 11 is 0. The first-order chi connectivity index (χ1) is 9.94. The summed E-state index contributed by atoms with van der Waals surface area (Å²) in [5.74, 6) is 0. The van der Waals surface area contributed by atoms with Crippen molar-refractivity contribution in [3.63, 3.8) is 0 Å². The van der Waals surface area contributed by atoms with Crippen molar-refractivity contribution in [2.24, 2.45) is 0 Å². The molecule has 0 amide bonds. The molecule has 0 bridgehead atoms. The molecule has 0 spiro atoms. The fourth-order valence-corrected chi connectivity index (χ4v) is 3.59. The highest BCUT2D eigenvalue weighted by Crippen LogP contribution is 2.22. The van der Waals surface area contributed by atoms with E-state index in [-0.39, 0.29) is 0 Å². The summed E-state index contributed by atoms with van der Waals surface area (Å²) in [6.07, 6.45) is 0. The minimum atomic E-state index is -3.58. The van der Waals surface area contributed by atoms with Gasteiger partial charge in [0.05, 0.1) is 10.6 Å². The Kier molecular flexibility index (Phi) is 4.65. The normalized spacial score (nSPS) is 11.4. The van der Waals surface area contributed by atoms with Crippen LogP contribution in [0.5, 0.6) is 0 Å². The maximum Gasteiger partial charge on any atom is 0.262 e. The second-order valence-corrected chi connectivity index (χ2v) is 6.71. The van der Waals surface area contributed by atoms with Gasteiger partial charge in [-0.15, -0.1) is 0 Å². The Morgan fingerprint density at radius 2 is 1.76 bits per heavy atom. The summed E-state index contributed by atoms with van der Waals surface area (Å²) in [7, 11) is -1.75. The highest BCUT2D eigenvalue weighted by atomic mass is 32.2. The second kappa shape index (κ2) is 6.28. The van der Waals surface area contributed by atoms with Crippen LogP contribution in [0.3, 0.4) is 0 Å². The third-order valence-corrected chi connectivity index (χ3v) is 4.77. The van der Waals surface area contributed by atoms with Crippen LogP contribution in [0.25, 0.3) is 0 Å². The molecule has 0 saturated heterocycles. The van der Waals surface area contributed by atoms with Crippen molar-refractivity contribution in [1.29, 1.82) is 0 Å². The third-order valence-electron chi connectivity index (χ3n) is 3.25.